The van der Waals surface area contributed by atoms with E-state index in [0.29, 0.717) is 44.4 Å². The van der Waals surface area contributed by atoms with E-state index in [-0.39, 0.29) is 11.8 Å². The van der Waals surface area contributed by atoms with Gasteiger partial charge in [0.2, 0.25) is 17.7 Å². The SMILES string of the molecule is CCC(C)C(NC(=O)C(CCSC)NC(=O)C1CCCN1C(=O)C(N)Cc1c[nH]c2ccccc12)C(=O)O. The second-order valence-electron chi connectivity index (χ2n) is 9.91. The Hall–Kier alpha value is -3.05. The van der Waals surface area contributed by atoms with Gasteiger partial charge < -0.3 is 31.4 Å². The fourth-order valence-electron chi connectivity index (χ4n) is 4.85. The summed E-state index contributed by atoms with van der Waals surface area (Å²) in [6.07, 6.45) is 6.12. The number of likely N-dealkylation sites (tertiary alicyclic amines) is 1. The maximum absolute atomic E-state index is 13.3. The molecule has 10 nitrogen and oxygen atoms in total. The highest BCUT2D eigenvalue weighted by molar-refractivity contribution is 7.98. The maximum atomic E-state index is 13.3. The number of fused-ring (bicyclic) bond motifs is 1. The first-order valence-corrected chi connectivity index (χ1v) is 14.5. The van der Waals surface area contributed by atoms with Gasteiger partial charge in [-0.15, -0.1) is 0 Å². The largest absolute Gasteiger partial charge is 0.480 e. The minimum atomic E-state index is -1.11. The fraction of sp³-hybridized carbons (Fsp3) is 0.556. The van der Waals surface area contributed by atoms with Crippen LogP contribution in [0, 0.1) is 5.92 Å². The van der Waals surface area contributed by atoms with Crippen molar-refractivity contribution in [3.63, 3.8) is 0 Å². The van der Waals surface area contributed by atoms with Gasteiger partial charge in [0.15, 0.2) is 0 Å². The predicted molar refractivity (Wildman–Crippen MR) is 149 cm³/mol. The molecular weight excluding hydrogens is 506 g/mol. The minimum Gasteiger partial charge on any atom is -0.480 e. The van der Waals surface area contributed by atoms with Gasteiger partial charge in [-0.05, 0) is 55.2 Å². The van der Waals surface area contributed by atoms with E-state index in [9.17, 15) is 24.3 Å². The maximum Gasteiger partial charge on any atom is 0.326 e. The number of para-hydroxylation sites is 1. The van der Waals surface area contributed by atoms with Crippen LogP contribution in [-0.4, -0.2) is 81.4 Å². The normalized spacial score (nSPS) is 18.5. The third kappa shape index (κ3) is 7.08. The first kappa shape index (κ1) is 29.5. The molecule has 208 valence electrons. The number of carboxylic acid groups (broad SMARTS) is 1. The molecule has 1 aliphatic heterocycles. The van der Waals surface area contributed by atoms with Crippen molar-refractivity contribution >= 4 is 46.4 Å². The highest BCUT2D eigenvalue weighted by atomic mass is 32.2. The number of carbonyl (C=O) groups excluding carboxylic acids is 3. The Balaban J connectivity index is 1.67. The van der Waals surface area contributed by atoms with Gasteiger partial charge >= 0.3 is 5.97 Å². The number of nitrogens with zero attached hydrogens (tertiary/aromatic N) is 1. The lowest BCUT2D eigenvalue weighted by atomic mass is 9.98. The molecule has 1 fully saturated rings. The Morgan fingerprint density at radius 1 is 1.24 bits per heavy atom. The number of nitrogens with two attached hydrogens (primary N) is 1. The highest BCUT2D eigenvalue weighted by Gasteiger charge is 2.38. The average molecular weight is 546 g/mol. The summed E-state index contributed by atoms with van der Waals surface area (Å²) in [5.41, 5.74) is 8.22. The lowest BCUT2D eigenvalue weighted by molar-refractivity contribution is -0.144. The van der Waals surface area contributed by atoms with Gasteiger partial charge in [0.1, 0.15) is 18.1 Å². The number of nitrogens with one attached hydrogen (secondary N) is 3. The number of aromatic amines is 1. The minimum absolute atomic E-state index is 0.269. The molecule has 3 rings (SSSR count). The number of hydrogen-bond acceptors (Lipinski definition) is 6. The lowest BCUT2D eigenvalue weighted by Gasteiger charge is -2.29. The van der Waals surface area contributed by atoms with Crippen molar-refractivity contribution in [1.29, 1.82) is 0 Å². The molecule has 2 heterocycles. The van der Waals surface area contributed by atoms with Gasteiger partial charge in [0.05, 0.1) is 6.04 Å². The van der Waals surface area contributed by atoms with Crippen molar-refractivity contribution in [2.75, 3.05) is 18.6 Å². The molecule has 2 aromatic rings. The molecule has 11 heteroatoms. The van der Waals surface area contributed by atoms with Crippen molar-refractivity contribution in [2.24, 2.45) is 11.7 Å². The molecule has 0 saturated carbocycles. The number of carboxylic acids is 1. The summed E-state index contributed by atoms with van der Waals surface area (Å²) < 4.78 is 0. The van der Waals surface area contributed by atoms with Crippen LogP contribution in [0.1, 0.15) is 45.1 Å². The zero-order valence-electron chi connectivity index (χ0n) is 22.2. The second kappa shape index (κ2) is 13.7. The van der Waals surface area contributed by atoms with Crippen LogP contribution in [0.15, 0.2) is 30.5 Å². The van der Waals surface area contributed by atoms with E-state index in [2.05, 4.69) is 15.6 Å². The highest BCUT2D eigenvalue weighted by Crippen LogP contribution is 2.22. The van der Waals surface area contributed by atoms with Crippen LogP contribution in [0.4, 0.5) is 0 Å². The topological polar surface area (TPSA) is 158 Å². The Labute approximate surface area is 227 Å². The quantitative estimate of drug-likeness (QED) is 0.257. The van der Waals surface area contributed by atoms with Crippen LogP contribution in [0.2, 0.25) is 0 Å². The van der Waals surface area contributed by atoms with E-state index < -0.39 is 42.0 Å². The molecule has 1 aliphatic rings. The van der Waals surface area contributed by atoms with E-state index in [1.165, 1.54) is 16.7 Å². The Kier molecular flexibility index (Phi) is 10.6. The Morgan fingerprint density at radius 2 is 1.97 bits per heavy atom. The first-order chi connectivity index (χ1) is 18.2. The molecule has 0 radical (unpaired) electrons. The molecule has 1 aromatic heterocycles. The molecule has 0 aliphatic carbocycles. The first-order valence-electron chi connectivity index (χ1n) is 13.1. The third-order valence-electron chi connectivity index (χ3n) is 7.29. The number of benzene rings is 1. The van der Waals surface area contributed by atoms with Gasteiger partial charge in [-0.25, -0.2) is 4.79 Å². The molecule has 1 saturated heterocycles. The molecule has 1 aromatic carbocycles. The zero-order valence-corrected chi connectivity index (χ0v) is 23.1. The predicted octanol–water partition coefficient (Wildman–Crippen LogP) is 1.88. The van der Waals surface area contributed by atoms with E-state index in [1.807, 2.05) is 43.6 Å². The average Bonchev–Trinajstić information content (AvgIpc) is 3.56. The van der Waals surface area contributed by atoms with E-state index in [0.717, 1.165) is 16.5 Å². The van der Waals surface area contributed by atoms with Crippen LogP contribution in [0.3, 0.4) is 0 Å². The molecule has 5 unspecified atom stereocenters. The van der Waals surface area contributed by atoms with Crippen molar-refractivity contribution in [3.8, 4) is 0 Å². The summed E-state index contributed by atoms with van der Waals surface area (Å²) >= 11 is 1.52. The molecule has 6 N–H and O–H groups in total. The van der Waals surface area contributed by atoms with Gasteiger partial charge in [-0.2, -0.15) is 11.8 Å². The lowest BCUT2D eigenvalue weighted by Crippen LogP contribution is -2.57. The Bertz CT molecular complexity index is 1140. The molecule has 0 spiro atoms. The Morgan fingerprint density at radius 3 is 2.66 bits per heavy atom. The molecule has 5 atom stereocenters. The number of hydrogen-bond donors (Lipinski definition) is 5. The van der Waals surface area contributed by atoms with Gasteiger partial charge in [0.25, 0.3) is 0 Å². The summed E-state index contributed by atoms with van der Waals surface area (Å²) in [7, 11) is 0. The number of aromatic nitrogens is 1. The zero-order chi connectivity index (χ0) is 27.8. The standard InChI is InChI=1S/C27H39N5O5S/c1-4-16(2)23(27(36)37)31-24(33)21(11-13-38-3)30-25(34)22-10-7-12-32(22)26(35)19(28)14-17-15-29-20-9-6-5-8-18(17)20/h5-6,8-9,15-16,19,21-23,29H,4,7,10-14,28H2,1-3H3,(H,30,34)(H,31,33)(H,36,37). The molecular formula is C27H39N5O5S. The third-order valence-corrected chi connectivity index (χ3v) is 7.93. The monoisotopic (exact) mass is 545 g/mol. The number of thioether (sulfide) groups is 1. The van der Waals surface area contributed by atoms with Crippen molar-refractivity contribution in [2.45, 2.75) is 70.1 Å². The van der Waals surface area contributed by atoms with Crippen LogP contribution in [0.5, 0.6) is 0 Å². The van der Waals surface area contributed by atoms with E-state index in [1.54, 1.807) is 6.92 Å². The number of aliphatic carboxylic acids is 1. The van der Waals surface area contributed by atoms with Crippen LogP contribution < -0.4 is 16.4 Å². The molecule has 3 amide bonds. The second-order valence-corrected chi connectivity index (χ2v) is 10.9. The van der Waals surface area contributed by atoms with Gasteiger partial charge in [-0.1, -0.05) is 38.5 Å². The number of rotatable bonds is 13. The molecule has 38 heavy (non-hydrogen) atoms. The summed E-state index contributed by atoms with van der Waals surface area (Å²) in [6.45, 7) is 4.03. The van der Waals surface area contributed by atoms with Crippen molar-refractivity contribution in [1.82, 2.24) is 20.5 Å². The summed E-state index contributed by atoms with van der Waals surface area (Å²) in [5.74, 6) is -2.05. The van der Waals surface area contributed by atoms with Crippen LogP contribution in [-0.2, 0) is 25.6 Å². The smallest absolute Gasteiger partial charge is 0.326 e. The number of amides is 3. The van der Waals surface area contributed by atoms with Crippen LogP contribution in [0.25, 0.3) is 10.9 Å². The van der Waals surface area contributed by atoms with Crippen molar-refractivity contribution in [3.05, 3.63) is 36.0 Å². The summed E-state index contributed by atoms with van der Waals surface area (Å²) in [5, 5.41) is 16.0. The number of H-pyrrole nitrogens is 1. The summed E-state index contributed by atoms with van der Waals surface area (Å²) in [4.78, 5) is 56.1. The van der Waals surface area contributed by atoms with Crippen molar-refractivity contribution < 1.29 is 24.3 Å². The van der Waals surface area contributed by atoms with Gasteiger partial charge in [0, 0.05) is 23.6 Å². The fourth-order valence-corrected chi connectivity index (χ4v) is 5.32. The number of carbonyl (C=O) groups is 4. The van der Waals surface area contributed by atoms with Gasteiger partial charge in [-0.3, -0.25) is 14.4 Å². The van der Waals surface area contributed by atoms with E-state index in [4.69, 9.17) is 5.73 Å². The van der Waals surface area contributed by atoms with E-state index >= 15 is 0 Å². The molecule has 0 bridgehead atoms. The van der Waals surface area contributed by atoms with Crippen LogP contribution >= 0.6 is 11.8 Å². The summed E-state index contributed by atoms with van der Waals surface area (Å²) in [6, 6.07) is 4.29.